The third-order valence-electron chi connectivity index (χ3n) is 4.98. The molecule has 3 N–H and O–H groups in total. The Hall–Kier alpha value is -3.32. The summed E-state index contributed by atoms with van der Waals surface area (Å²) < 4.78 is 10.5. The highest BCUT2D eigenvalue weighted by Crippen LogP contribution is 2.33. The molecule has 0 fully saturated rings. The van der Waals surface area contributed by atoms with Gasteiger partial charge in [0.25, 0.3) is 0 Å². The molecule has 0 atom stereocenters. The summed E-state index contributed by atoms with van der Waals surface area (Å²) in [4.78, 5) is 16.1. The number of carbonyl (C=O) groups excluding carboxylic acids is 1. The normalized spacial score (nSPS) is 12.1. The van der Waals surface area contributed by atoms with Gasteiger partial charge in [-0.2, -0.15) is 0 Å². The minimum absolute atomic E-state index is 0.106. The van der Waals surface area contributed by atoms with Gasteiger partial charge in [0, 0.05) is 30.4 Å². The van der Waals surface area contributed by atoms with Crippen molar-refractivity contribution in [1.82, 2.24) is 5.32 Å². The highest BCUT2D eigenvalue weighted by molar-refractivity contribution is 5.99. The molecule has 7 heteroatoms. The number of anilines is 1. The molecule has 0 amide bonds. The summed E-state index contributed by atoms with van der Waals surface area (Å²) in [5, 5.41) is 12.4. The van der Waals surface area contributed by atoms with Crippen LogP contribution in [0.2, 0.25) is 0 Å². The second-order valence-electron chi connectivity index (χ2n) is 6.98. The summed E-state index contributed by atoms with van der Waals surface area (Å²) >= 11 is 0. The minimum Gasteiger partial charge on any atom is -0.496 e. The highest BCUT2D eigenvalue weighted by Gasteiger charge is 2.13. The molecule has 31 heavy (non-hydrogen) atoms. The van der Waals surface area contributed by atoms with E-state index in [0.29, 0.717) is 18.7 Å². The van der Waals surface area contributed by atoms with Gasteiger partial charge < -0.3 is 14.8 Å². The van der Waals surface area contributed by atoms with E-state index in [0.717, 1.165) is 39.4 Å². The van der Waals surface area contributed by atoms with Gasteiger partial charge >= 0.3 is 5.97 Å². The first-order valence-electron chi connectivity index (χ1n) is 10.1. The quantitative estimate of drug-likeness (QED) is 0.300. The molecular weight excluding hydrogens is 394 g/mol. The van der Waals surface area contributed by atoms with E-state index in [1.807, 2.05) is 44.2 Å². The minimum atomic E-state index is -0.295. The van der Waals surface area contributed by atoms with Gasteiger partial charge in [-0.1, -0.05) is 18.2 Å². The Morgan fingerprint density at radius 1 is 1.16 bits per heavy atom. The number of ether oxygens (including phenoxy) is 2. The maximum Gasteiger partial charge on any atom is 0.325 e. The van der Waals surface area contributed by atoms with E-state index >= 15 is 0 Å². The first-order chi connectivity index (χ1) is 14.9. The van der Waals surface area contributed by atoms with E-state index in [2.05, 4.69) is 21.9 Å². The molecule has 166 valence electrons. The predicted octanol–water partition coefficient (Wildman–Crippen LogP) is 4.22. The van der Waals surface area contributed by atoms with Crippen molar-refractivity contribution in [3.8, 4) is 16.9 Å². The number of carbonyl (C=O) groups is 1. The van der Waals surface area contributed by atoms with E-state index in [9.17, 15) is 10.0 Å². The first-order valence-corrected chi connectivity index (χ1v) is 10.1. The molecule has 0 aromatic heterocycles. The van der Waals surface area contributed by atoms with Gasteiger partial charge in [-0.3, -0.25) is 20.5 Å². The molecule has 0 spiro atoms. The van der Waals surface area contributed by atoms with Crippen LogP contribution in [0, 0.1) is 0 Å². The van der Waals surface area contributed by atoms with Gasteiger partial charge in [-0.15, -0.1) is 0 Å². The van der Waals surface area contributed by atoms with Crippen LogP contribution in [0.3, 0.4) is 0 Å². The lowest BCUT2D eigenvalue weighted by Crippen LogP contribution is -2.25. The Kier molecular flexibility index (Phi) is 9.09. The smallest absolute Gasteiger partial charge is 0.325 e. The number of methoxy groups -OCH3 is 1. The van der Waals surface area contributed by atoms with E-state index < -0.39 is 0 Å². The molecule has 0 saturated carbocycles. The number of benzene rings is 2. The number of hydrogen-bond donors (Lipinski definition) is 3. The second kappa shape index (κ2) is 11.8. The van der Waals surface area contributed by atoms with Gasteiger partial charge in [-0.05, 0) is 61.7 Å². The Morgan fingerprint density at radius 3 is 2.58 bits per heavy atom. The predicted molar refractivity (Wildman–Crippen MR) is 124 cm³/mol. The Bertz CT molecular complexity index is 967. The van der Waals surface area contributed by atoms with Crippen molar-refractivity contribution >= 4 is 17.4 Å². The lowest BCUT2D eigenvalue weighted by atomic mass is 9.95. The molecule has 0 aliphatic heterocycles. The van der Waals surface area contributed by atoms with E-state index in [1.54, 1.807) is 27.1 Å². The third kappa shape index (κ3) is 6.58. The van der Waals surface area contributed by atoms with Crippen LogP contribution < -0.4 is 15.5 Å². The number of rotatable bonds is 10. The molecule has 0 unspecified atom stereocenters. The van der Waals surface area contributed by atoms with Crippen LogP contribution in [0.15, 0.2) is 58.7 Å². The fourth-order valence-corrected chi connectivity index (χ4v) is 3.24. The second-order valence-corrected chi connectivity index (χ2v) is 6.98. The standard InChI is InChI=1S/C24H31N3O4/c1-6-31-24(28)15-26-17(3)21(16(2)25-4)12-18-10-11-23(30-5)22(13-18)19-8-7-9-20(14-19)27-29/h7-11,13-14,26-27,29H,6,12,15H2,1-5H3/b21-17-,25-16?. The average Bonchev–Trinajstić information content (AvgIpc) is 2.80. The van der Waals surface area contributed by atoms with Crippen LogP contribution in [0.5, 0.6) is 5.75 Å². The monoisotopic (exact) mass is 425 g/mol. The number of hydrogen-bond acceptors (Lipinski definition) is 7. The van der Waals surface area contributed by atoms with Crippen LogP contribution in [0.4, 0.5) is 5.69 Å². The summed E-state index contributed by atoms with van der Waals surface area (Å²) in [6.45, 7) is 6.13. The van der Waals surface area contributed by atoms with E-state index in [4.69, 9.17) is 9.47 Å². The largest absolute Gasteiger partial charge is 0.496 e. The van der Waals surface area contributed by atoms with Crippen LogP contribution in [0.1, 0.15) is 26.3 Å². The van der Waals surface area contributed by atoms with Gasteiger partial charge in [0.15, 0.2) is 0 Å². The molecule has 0 heterocycles. The fraction of sp³-hybridized carbons (Fsp3) is 0.333. The first kappa shape index (κ1) is 24.0. The molecule has 2 aromatic carbocycles. The number of allylic oxidation sites excluding steroid dienone is 2. The zero-order valence-electron chi connectivity index (χ0n) is 18.8. The lowest BCUT2D eigenvalue weighted by molar-refractivity contribution is -0.141. The summed E-state index contributed by atoms with van der Waals surface area (Å²) in [7, 11) is 3.39. The fourth-order valence-electron chi connectivity index (χ4n) is 3.24. The summed E-state index contributed by atoms with van der Waals surface area (Å²) in [6.07, 6.45) is 0.625. The zero-order valence-corrected chi connectivity index (χ0v) is 18.8. The molecule has 7 nitrogen and oxygen atoms in total. The van der Waals surface area contributed by atoms with Gasteiger partial charge in [0.05, 0.1) is 19.4 Å². The molecule has 2 rings (SSSR count). The summed E-state index contributed by atoms with van der Waals surface area (Å²) in [5.41, 5.74) is 8.44. The van der Waals surface area contributed by atoms with Gasteiger partial charge in [-0.25, -0.2) is 0 Å². The Labute approximate surface area is 183 Å². The van der Waals surface area contributed by atoms with Crippen LogP contribution >= 0.6 is 0 Å². The van der Waals surface area contributed by atoms with Crippen LogP contribution in [0.25, 0.3) is 11.1 Å². The van der Waals surface area contributed by atoms with Crippen molar-refractivity contribution in [2.75, 3.05) is 32.8 Å². The Morgan fingerprint density at radius 2 is 1.94 bits per heavy atom. The molecule has 2 aromatic rings. The van der Waals surface area contributed by atoms with Crippen molar-refractivity contribution in [2.24, 2.45) is 4.99 Å². The topological polar surface area (TPSA) is 92.2 Å². The third-order valence-corrected chi connectivity index (χ3v) is 4.98. The zero-order chi connectivity index (χ0) is 22.8. The van der Waals surface area contributed by atoms with Crippen molar-refractivity contribution in [1.29, 1.82) is 0 Å². The number of aliphatic imine (C=N–C) groups is 1. The average molecular weight is 426 g/mol. The molecule has 0 saturated heterocycles. The number of esters is 1. The molecule has 0 aliphatic carbocycles. The van der Waals surface area contributed by atoms with E-state index in [1.165, 1.54) is 0 Å². The van der Waals surface area contributed by atoms with Crippen LogP contribution in [-0.2, 0) is 16.0 Å². The van der Waals surface area contributed by atoms with Gasteiger partial charge in [0.1, 0.15) is 12.3 Å². The maximum atomic E-state index is 11.7. The van der Waals surface area contributed by atoms with Crippen molar-refractivity contribution < 1.29 is 19.5 Å². The lowest BCUT2D eigenvalue weighted by Gasteiger charge is -2.16. The Balaban J connectivity index is 2.39. The summed E-state index contributed by atoms with van der Waals surface area (Å²) in [5.74, 6) is 0.443. The molecule has 0 aliphatic rings. The maximum absolute atomic E-state index is 11.7. The molecule has 0 radical (unpaired) electrons. The van der Waals surface area contributed by atoms with Gasteiger partial charge in [0.2, 0.25) is 0 Å². The SMILES string of the molecule is CCOC(=O)CN/C(C)=C(/Cc1ccc(OC)c(-c2cccc(NO)c2)c1)C(C)=NC. The van der Waals surface area contributed by atoms with E-state index in [-0.39, 0.29) is 12.5 Å². The van der Waals surface area contributed by atoms with Crippen molar-refractivity contribution in [3.63, 3.8) is 0 Å². The number of nitrogens with zero attached hydrogens (tertiary/aromatic N) is 1. The summed E-state index contributed by atoms with van der Waals surface area (Å²) in [6, 6.07) is 13.5. The van der Waals surface area contributed by atoms with Crippen molar-refractivity contribution in [3.05, 3.63) is 59.3 Å². The van der Waals surface area contributed by atoms with Crippen LogP contribution in [-0.4, -0.2) is 44.2 Å². The molecule has 0 bridgehead atoms. The molecular formula is C24H31N3O4. The number of nitrogens with one attached hydrogen (secondary N) is 2. The van der Waals surface area contributed by atoms with Crippen molar-refractivity contribution in [2.45, 2.75) is 27.2 Å². The highest BCUT2D eigenvalue weighted by atomic mass is 16.5.